The van der Waals surface area contributed by atoms with Gasteiger partial charge in [0.25, 0.3) is 11.8 Å². The molecule has 0 spiro atoms. The van der Waals surface area contributed by atoms with Gasteiger partial charge in [-0.3, -0.25) is 14.9 Å². The number of anilines is 1. The van der Waals surface area contributed by atoms with Gasteiger partial charge in [-0.2, -0.15) is 0 Å². The molecular formula is C18H15BrN2O4. The number of carbonyl (C=O) groups excluding carboxylic acids is 3. The Kier molecular flexibility index (Phi) is 4.34. The van der Waals surface area contributed by atoms with E-state index in [-0.39, 0.29) is 5.57 Å². The summed E-state index contributed by atoms with van der Waals surface area (Å²) in [5.41, 5.74) is 1.65. The highest BCUT2D eigenvalue weighted by Crippen LogP contribution is 2.28. The Hall–Kier alpha value is -2.67. The van der Waals surface area contributed by atoms with Gasteiger partial charge in [0, 0.05) is 10.0 Å². The number of hydrogen-bond donors (Lipinski definition) is 1. The summed E-state index contributed by atoms with van der Waals surface area (Å²) in [5, 5.41) is 2.21. The number of rotatable bonds is 2. The number of imide groups is 2. The number of amides is 4. The molecule has 2 aromatic rings. The molecule has 25 heavy (non-hydrogen) atoms. The molecule has 2 heterocycles. The van der Waals surface area contributed by atoms with Gasteiger partial charge in [-0.25, -0.2) is 9.69 Å². The fourth-order valence-electron chi connectivity index (χ4n) is 2.70. The summed E-state index contributed by atoms with van der Waals surface area (Å²) in [6.45, 7) is 5.30. The molecule has 7 heteroatoms. The van der Waals surface area contributed by atoms with Crippen LogP contribution in [0.25, 0.3) is 6.08 Å². The van der Waals surface area contributed by atoms with E-state index in [2.05, 4.69) is 21.2 Å². The number of urea groups is 1. The summed E-state index contributed by atoms with van der Waals surface area (Å²) < 4.78 is 6.25. The van der Waals surface area contributed by atoms with Gasteiger partial charge in [-0.15, -0.1) is 0 Å². The van der Waals surface area contributed by atoms with E-state index < -0.39 is 17.8 Å². The number of furan rings is 1. The molecule has 0 saturated carbocycles. The normalized spacial score (nSPS) is 16.6. The molecule has 1 aromatic heterocycles. The summed E-state index contributed by atoms with van der Waals surface area (Å²) in [7, 11) is 0. The summed E-state index contributed by atoms with van der Waals surface area (Å²) in [6, 6.07) is 6.13. The minimum Gasteiger partial charge on any atom is -0.466 e. The van der Waals surface area contributed by atoms with E-state index in [4.69, 9.17) is 4.42 Å². The van der Waals surface area contributed by atoms with Crippen LogP contribution in [0.2, 0.25) is 0 Å². The number of barbiturate groups is 1. The topological polar surface area (TPSA) is 79.6 Å². The third-order valence-electron chi connectivity index (χ3n) is 3.88. The second-order valence-electron chi connectivity index (χ2n) is 5.76. The summed E-state index contributed by atoms with van der Waals surface area (Å²) >= 11 is 3.35. The summed E-state index contributed by atoms with van der Waals surface area (Å²) in [4.78, 5) is 38.2. The Morgan fingerprint density at radius 2 is 1.84 bits per heavy atom. The number of benzene rings is 1. The average molecular weight is 403 g/mol. The van der Waals surface area contributed by atoms with Crippen LogP contribution in [0.5, 0.6) is 0 Å². The molecule has 0 unspecified atom stereocenters. The quantitative estimate of drug-likeness (QED) is 0.614. The van der Waals surface area contributed by atoms with Gasteiger partial charge in [-0.1, -0.05) is 15.9 Å². The van der Waals surface area contributed by atoms with Crippen molar-refractivity contribution in [1.82, 2.24) is 5.32 Å². The Labute approximate surface area is 152 Å². The van der Waals surface area contributed by atoms with E-state index in [1.807, 2.05) is 0 Å². The third kappa shape index (κ3) is 3.15. The number of carbonyl (C=O) groups is 3. The van der Waals surface area contributed by atoms with Crippen molar-refractivity contribution in [2.24, 2.45) is 0 Å². The van der Waals surface area contributed by atoms with Gasteiger partial charge in [0.2, 0.25) is 0 Å². The fraction of sp³-hybridized carbons (Fsp3) is 0.167. The van der Waals surface area contributed by atoms with Gasteiger partial charge in [0.05, 0.1) is 5.69 Å². The molecule has 1 N–H and O–H groups in total. The lowest BCUT2D eigenvalue weighted by Crippen LogP contribution is -2.54. The van der Waals surface area contributed by atoms with Crippen molar-refractivity contribution < 1.29 is 18.8 Å². The van der Waals surface area contributed by atoms with Crippen molar-refractivity contribution in [2.75, 3.05) is 4.90 Å². The highest BCUT2D eigenvalue weighted by molar-refractivity contribution is 9.10. The molecule has 1 aromatic carbocycles. The molecule has 0 atom stereocenters. The number of nitrogens with one attached hydrogen (secondary N) is 1. The molecular weight excluding hydrogens is 388 g/mol. The highest BCUT2D eigenvalue weighted by Gasteiger charge is 2.37. The van der Waals surface area contributed by atoms with Crippen LogP contribution in [-0.4, -0.2) is 17.8 Å². The van der Waals surface area contributed by atoms with Crippen LogP contribution in [-0.2, 0) is 9.59 Å². The predicted molar refractivity (Wildman–Crippen MR) is 96.1 cm³/mol. The molecule has 1 fully saturated rings. The average Bonchev–Trinajstić information content (AvgIpc) is 2.83. The van der Waals surface area contributed by atoms with Crippen LogP contribution in [0, 0.1) is 20.8 Å². The van der Waals surface area contributed by atoms with E-state index in [1.54, 1.807) is 45.0 Å². The summed E-state index contributed by atoms with van der Waals surface area (Å²) in [5.74, 6) is -0.129. The lowest BCUT2D eigenvalue weighted by atomic mass is 10.1. The Morgan fingerprint density at radius 3 is 2.44 bits per heavy atom. The Bertz CT molecular complexity index is 943. The highest BCUT2D eigenvalue weighted by atomic mass is 79.9. The first-order chi connectivity index (χ1) is 11.8. The second-order valence-corrected chi connectivity index (χ2v) is 6.67. The lowest BCUT2D eigenvalue weighted by Gasteiger charge is -2.27. The molecule has 1 aliphatic rings. The van der Waals surface area contributed by atoms with Crippen LogP contribution in [0.15, 0.2) is 38.7 Å². The molecule has 6 nitrogen and oxygen atoms in total. The predicted octanol–water partition coefficient (Wildman–Crippen LogP) is 3.63. The van der Waals surface area contributed by atoms with Crippen molar-refractivity contribution in [2.45, 2.75) is 20.8 Å². The van der Waals surface area contributed by atoms with Crippen molar-refractivity contribution in [3.63, 3.8) is 0 Å². The standard InChI is InChI=1S/C18H15BrN2O4/c1-9-6-13(19)4-5-15(9)21-17(23)14(16(22)20-18(21)24)8-12-7-10(2)25-11(12)3/h4-8H,1-3H3,(H,20,22,24)/b14-8+. The molecule has 0 bridgehead atoms. The molecule has 1 saturated heterocycles. The molecule has 3 rings (SSSR count). The molecule has 128 valence electrons. The van der Waals surface area contributed by atoms with E-state index in [0.29, 0.717) is 22.8 Å². The maximum atomic E-state index is 12.8. The first-order valence-electron chi connectivity index (χ1n) is 7.52. The third-order valence-corrected chi connectivity index (χ3v) is 4.37. The number of nitrogens with zero attached hydrogens (tertiary/aromatic N) is 1. The van der Waals surface area contributed by atoms with E-state index >= 15 is 0 Å². The van der Waals surface area contributed by atoms with Gasteiger partial charge in [0.1, 0.15) is 17.1 Å². The molecule has 1 aliphatic heterocycles. The zero-order valence-electron chi connectivity index (χ0n) is 13.8. The number of hydrogen-bond acceptors (Lipinski definition) is 4. The number of halogens is 1. The van der Waals surface area contributed by atoms with E-state index in [1.165, 1.54) is 6.08 Å². The zero-order chi connectivity index (χ0) is 18.3. The van der Waals surface area contributed by atoms with Crippen molar-refractivity contribution in [3.8, 4) is 0 Å². The number of aryl methyl sites for hydroxylation is 3. The monoisotopic (exact) mass is 402 g/mol. The van der Waals surface area contributed by atoms with E-state index in [9.17, 15) is 14.4 Å². The maximum Gasteiger partial charge on any atom is 0.335 e. The van der Waals surface area contributed by atoms with Gasteiger partial charge < -0.3 is 4.42 Å². The van der Waals surface area contributed by atoms with Crippen LogP contribution in [0.4, 0.5) is 10.5 Å². The van der Waals surface area contributed by atoms with Crippen LogP contribution >= 0.6 is 15.9 Å². The lowest BCUT2D eigenvalue weighted by molar-refractivity contribution is -0.122. The Morgan fingerprint density at radius 1 is 1.12 bits per heavy atom. The minimum absolute atomic E-state index is 0.120. The smallest absolute Gasteiger partial charge is 0.335 e. The second kappa shape index (κ2) is 6.33. The first kappa shape index (κ1) is 17.2. The molecule has 0 radical (unpaired) electrons. The van der Waals surface area contributed by atoms with Gasteiger partial charge in [0.15, 0.2) is 0 Å². The van der Waals surface area contributed by atoms with Crippen molar-refractivity contribution >= 4 is 45.5 Å². The molecule has 4 amide bonds. The first-order valence-corrected chi connectivity index (χ1v) is 8.32. The SMILES string of the molecule is Cc1cc(/C=C2\C(=O)NC(=O)N(c3ccc(Br)cc3C)C2=O)c(C)o1. The van der Waals surface area contributed by atoms with E-state index in [0.717, 1.165) is 14.9 Å². The van der Waals surface area contributed by atoms with Gasteiger partial charge in [-0.05, 0) is 56.7 Å². The van der Waals surface area contributed by atoms with Gasteiger partial charge >= 0.3 is 6.03 Å². The van der Waals surface area contributed by atoms with Crippen molar-refractivity contribution in [3.05, 3.63) is 57.0 Å². The maximum absolute atomic E-state index is 12.8. The fourth-order valence-corrected chi connectivity index (χ4v) is 3.17. The van der Waals surface area contributed by atoms with Crippen LogP contribution in [0.3, 0.4) is 0 Å². The van der Waals surface area contributed by atoms with Crippen LogP contribution < -0.4 is 10.2 Å². The zero-order valence-corrected chi connectivity index (χ0v) is 15.4. The minimum atomic E-state index is -0.766. The molecule has 0 aliphatic carbocycles. The van der Waals surface area contributed by atoms with Crippen molar-refractivity contribution in [1.29, 1.82) is 0 Å². The summed E-state index contributed by atoms with van der Waals surface area (Å²) in [6.07, 6.45) is 1.44. The largest absolute Gasteiger partial charge is 0.466 e. The Balaban J connectivity index is 2.07. The van der Waals surface area contributed by atoms with Crippen LogP contribution in [0.1, 0.15) is 22.6 Å².